The lowest BCUT2D eigenvalue weighted by Gasteiger charge is -2.05. The van der Waals surface area contributed by atoms with E-state index in [1.807, 2.05) is 0 Å². The summed E-state index contributed by atoms with van der Waals surface area (Å²) >= 11 is 0. The molecule has 0 fully saturated rings. The lowest BCUT2D eigenvalue weighted by atomic mass is 10.4. The van der Waals surface area contributed by atoms with Crippen LogP contribution in [0.15, 0.2) is 22.8 Å². The summed E-state index contributed by atoms with van der Waals surface area (Å²) in [7, 11) is 0. The predicted octanol–water partition coefficient (Wildman–Crippen LogP) is 1.89. The molecule has 2 nitrogen and oxygen atoms in total. The lowest BCUT2D eigenvalue weighted by Crippen LogP contribution is -2.30. The van der Waals surface area contributed by atoms with Crippen molar-refractivity contribution >= 4 is 0 Å². The summed E-state index contributed by atoms with van der Waals surface area (Å²) in [4.78, 5) is 0. The molecule has 0 aromatic carbocycles. The Labute approximate surface area is 61.0 Å². The zero-order valence-electron chi connectivity index (χ0n) is 5.48. The maximum Gasteiger partial charge on any atom is 0.457 e. The van der Waals surface area contributed by atoms with Crippen molar-refractivity contribution in [2.75, 3.05) is 0 Å². The normalized spacial score (nSPS) is 11.9. The largest absolute Gasteiger partial charge is 0.468 e. The van der Waals surface area contributed by atoms with Crippen molar-refractivity contribution in [1.29, 1.82) is 0 Å². The van der Waals surface area contributed by atoms with Gasteiger partial charge in [-0.25, -0.2) is 5.32 Å². The van der Waals surface area contributed by atoms with Gasteiger partial charge in [0.25, 0.3) is 0 Å². The second-order valence-corrected chi connectivity index (χ2v) is 1.93. The van der Waals surface area contributed by atoms with Crippen LogP contribution in [-0.2, 0) is 6.54 Å². The number of hydrogen-bond donors (Lipinski definition) is 1. The van der Waals surface area contributed by atoms with Gasteiger partial charge in [0.15, 0.2) is 0 Å². The quantitative estimate of drug-likeness (QED) is 0.677. The van der Waals surface area contributed by atoms with Gasteiger partial charge in [-0.3, -0.25) is 0 Å². The first-order valence-corrected chi connectivity index (χ1v) is 2.92. The van der Waals surface area contributed by atoms with Crippen LogP contribution in [0.4, 0.5) is 13.2 Å². The average molecular weight is 165 g/mol. The van der Waals surface area contributed by atoms with Crippen molar-refractivity contribution in [2.24, 2.45) is 0 Å². The minimum atomic E-state index is -4.34. The van der Waals surface area contributed by atoms with Gasteiger partial charge in [-0.15, -0.1) is 0 Å². The average Bonchev–Trinajstić information content (AvgIpc) is 2.32. The lowest BCUT2D eigenvalue weighted by molar-refractivity contribution is -0.159. The van der Waals surface area contributed by atoms with E-state index in [-0.39, 0.29) is 12.3 Å². The molecule has 0 aliphatic rings. The summed E-state index contributed by atoms with van der Waals surface area (Å²) < 4.78 is 39.2. The third-order valence-corrected chi connectivity index (χ3v) is 1.04. The monoisotopic (exact) mass is 165 g/mol. The Balaban J connectivity index is 2.35. The van der Waals surface area contributed by atoms with Crippen LogP contribution in [0.1, 0.15) is 5.76 Å². The Bertz CT molecular complexity index is 204. The molecule has 0 atom stereocenters. The molecule has 62 valence electrons. The van der Waals surface area contributed by atoms with Crippen molar-refractivity contribution < 1.29 is 17.6 Å². The van der Waals surface area contributed by atoms with E-state index in [1.165, 1.54) is 23.7 Å². The van der Waals surface area contributed by atoms with E-state index >= 15 is 0 Å². The molecule has 0 amide bonds. The zero-order chi connectivity index (χ0) is 8.32. The second kappa shape index (κ2) is 2.96. The van der Waals surface area contributed by atoms with Crippen LogP contribution in [0.2, 0.25) is 0 Å². The van der Waals surface area contributed by atoms with Crippen molar-refractivity contribution in [3.63, 3.8) is 0 Å². The van der Waals surface area contributed by atoms with Crippen LogP contribution in [0, 0.1) is 0 Å². The van der Waals surface area contributed by atoms with Gasteiger partial charge < -0.3 is 4.42 Å². The smallest absolute Gasteiger partial charge is 0.457 e. The van der Waals surface area contributed by atoms with Crippen LogP contribution in [0.5, 0.6) is 0 Å². The molecule has 0 aliphatic carbocycles. The van der Waals surface area contributed by atoms with Gasteiger partial charge in [0.1, 0.15) is 5.76 Å². The Morgan fingerprint density at radius 3 is 2.64 bits per heavy atom. The molecule has 0 saturated heterocycles. The number of halogens is 3. The highest BCUT2D eigenvalue weighted by molar-refractivity contribution is 4.97. The van der Waals surface area contributed by atoms with Gasteiger partial charge in [0, 0.05) is 0 Å². The van der Waals surface area contributed by atoms with Gasteiger partial charge in [-0.1, -0.05) is 0 Å². The minimum absolute atomic E-state index is 0.266. The molecule has 11 heavy (non-hydrogen) atoms. The van der Waals surface area contributed by atoms with Crippen molar-refractivity contribution in [1.82, 2.24) is 5.32 Å². The Morgan fingerprint density at radius 2 is 2.18 bits per heavy atom. The maximum atomic E-state index is 11.5. The van der Waals surface area contributed by atoms with Crippen molar-refractivity contribution in [3.05, 3.63) is 24.2 Å². The Kier molecular flexibility index (Phi) is 2.19. The van der Waals surface area contributed by atoms with Gasteiger partial charge in [0.05, 0.1) is 12.8 Å². The number of hydrogen-bond acceptors (Lipinski definition) is 2. The third kappa shape index (κ3) is 3.08. The fraction of sp³-hybridized carbons (Fsp3) is 0.333. The molecule has 1 aromatic rings. The van der Waals surface area contributed by atoms with Crippen LogP contribution in [-0.4, -0.2) is 6.30 Å². The number of rotatable bonds is 2. The first-order chi connectivity index (χ1) is 5.08. The van der Waals surface area contributed by atoms with Gasteiger partial charge in [0.2, 0.25) is 0 Å². The summed E-state index contributed by atoms with van der Waals surface area (Å²) in [5.41, 5.74) is 0. The molecule has 1 heterocycles. The van der Waals surface area contributed by atoms with Crippen molar-refractivity contribution in [2.45, 2.75) is 12.8 Å². The summed E-state index contributed by atoms with van der Waals surface area (Å²) in [5.74, 6) is 0.266. The van der Waals surface area contributed by atoms with Crippen LogP contribution in [0.3, 0.4) is 0 Å². The second-order valence-electron chi connectivity index (χ2n) is 1.93. The first kappa shape index (κ1) is 8.13. The summed E-state index contributed by atoms with van der Waals surface area (Å²) in [5, 5.41) is 1.33. The molecule has 1 rings (SSSR count). The van der Waals surface area contributed by atoms with Gasteiger partial charge in [-0.05, 0) is 12.1 Å². The fourth-order valence-corrected chi connectivity index (χ4v) is 0.601. The van der Waals surface area contributed by atoms with Gasteiger partial charge >= 0.3 is 6.30 Å². The highest BCUT2D eigenvalue weighted by Gasteiger charge is 2.26. The van der Waals surface area contributed by atoms with Crippen LogP contribution in [0.25, 0.3) is 0 Å². The molecule has 0 aliphatic heterocycles. The number of nitrogens with one attached hydrogen (secondary N) is 1. The third-order valence-electron chi connectivity index (χ3n) is 1.04. The summed E-state index contributed by atoms with van der Waals surface area (Å²) in [6.45, 7) is -0.323. The topological polar surface area (TPSA) is 25.2 Å². The van der Waals surface area contributed by atoms with E-state index in [2.05, 4.69) is 4.42 Å². The number of furan rings is 1. The molecule has 5 heteroatoms. The highest BCUT2D eigenvalue weighted by Crippen LogP contribution is 2.11. The molecule has 1 N–H and O–H groups in total. The molecule has 0 bridgehead atoms. The van der Waals surface area contributed by atoms with E-state index < -0.39 is 6.30 Å². The van der Waals surface area contributed by atoms with E-state index in [0.29, 0.717) is 0 Å². The first-order valence-electron chi connectivity index (χ1n) is 2.92. The molecule has 0 unspecified atom stereocenters. The van der Waals surface area contributed by atoms with Gasteiger partial charge in [-0.2, -0.15) is 13.2 Å². The molecule has 1 aromatic heterocycles. The number of alkyl halides is 3. The van der Waals surface area contributed by atoms with E-state index in [9.17, 15) is 13.2 Å². The van der Waals surface area contributed by atoms with Crippen LogP contribution >= 0.6 is 0 Å². The molecular weight excluding hydrogens is 159 g/mol. The molecule has 0 saturated carbocycles. The standard InChI is InChI=1S/C6H6F3NO/c7-6(8,9)10-4-5-2-1-3-11-5/h1-3,10H,4H2. The molecular formula is C6H6F3NO. The predicted molar refractivity (Wildman–Crippen MR) is 31.6 cm³/mol. The molecule has 0 radical (unpaired) electrons. The zero-order valence-corrected chi connectivity index (χ0v) is 5.48. The van der Waals surface area contributed by atoms with E-state index in [1.54, 1.807) is 0 Å². The Hall–Kier alpha value is -0.970. The minimum Gasteiger partial charge on any atom is -0.468 e. The van der Waals surface area contributed by atoms with E-state index in [4.69, 9.17) is 0 Å². The fourth-order valence-electron chi connectivity index (χ4n) is 0.601. The Morgan fingerprint density at radius 1 is 1.45 bits per heavy atom. The summed E-state index contributed by atoms with van der Waals surface area (Å²) in [6, 6.07) is 3.01. The SMILES string of the molecule is FC(F)(F)NCc1ccco1. The maximum absolute atomic E-state index is 11.5. The van der Waals surface area contributed by atoms with E-state index in [0.717, 1.165) is 0 Å². The summed E-state index contributed by atoms with van der Waals surface area (Å²) in [6.07, 6.45) is -3.01. The highest BCUT2D eigenvalue weighted by atomic mass is 19.4. The molecule has 0 spiro atoms. The van der Waals surface area contributed by atoms with Crippen molar-refractivity contribution in [3.8, 4) is 0 Å². The van der Waals surface area contributed by atoms with Crippen LogP contribution < -0.4 is 5.32 Å².